The van der Waals surface area contributed by atoms with Crippen LogP contribution in [0.1, 0.15) is 28.6 Å². The average Bonchev–Trinajstić information content (AvgIpc) is 3.12. The molecular weight excluding hydrogens is 432 g/mol. The molecular formula is C28H18O6. The summed E-state index contributed by atoms with van der Waals surface area (Å²) < 4.78 is 17.6. The number of fused-ring (bicyclic) bond motifs is 5. The number of ketones is 1. The first-order valence-corrected chi connectivity index (χ1v) is 10.8. The van der Waals surface area contributed by atoms with Crippen LogP contribution in [-0.4, -0.2) is 5.78 Å². The molecule has 0 atom stereocenters. The lowest BCUT2D eigenvalue weighted by atomic mass is 10.00. The molecule has 0 aliphatic heterocycles. The van der Waals surface area contributed by atoms with Gasteiger partial charge in [-0.05, 0) is 38.3 Å². The van der Waals surface area contributed by atoms with Crippen molar-refractivity contribution in [3.63, 3.8) is 0 Å². The molecule has 0 radical (unpaired) electrons. The molecule has 0 saturated heterocycles. The van der Waals surface area contributed by atoms with Gasteiger partial charge in [-0.1, -0.05) is 30.3 Å². The summed E-state index contributed by atoms with van der Waals surface area (Å²) >= 11 is 0. The fourth-order valence-corrected chi connectivity index (χ4v) is 4.76. The maximum atomic E-state index is 13.0. The van der Waals surface area contributed by atoms with E-state index in [0.717, 1.165) is 21.7 Å². The molecule has 3 aromatic heterocycles. The van der Waals surface area contributed by atoms with E-state index in [4.69, 9.17) is 13.3 Å². The Bertz CT molecular complexity index is 1950. The largest absolute Gasteiger partial charge is 0.460 e. The maximum Gasteiger partial charge on any atom is 0.336 e. The zero-order valence-electron chi connectivity index (χ0n) is 18.6. The summed E-state index contributed by atoms with van der Waals surface area (Å²) in [7, 11) is 0. The summed E-state index contributed by atoms with van der Waals surface area (Å²) in [6.07, 6.45) is 0. The van der Waals surface area contributed by atoms with Crippen LogP contribution in [0.5, 0.6) is 0 Å². The van der Waals surface area contributed by atoms with Gasteiger partial charge in [-0.2, -0.15) is 0 Å². The van der Waals surface area contributed by atoms with Crippen molar-refractivity contribution < 1.29 is 18.0 Å². The summed E-state index contributed by atoms with van der Waals surface area (Å²) in [6.45, 7) is 4.82. The Morgan fingerprint density at radius 1 is 0.765 bits per heavy atom. The van der Waals surface area contributed by atoms with E-state index < -0.39 is 5.63 Å². The van der Waals surface area contributed by atoms with E-state index >= 15 is 0 Å². The highest BCUT2D eigenvalue weighted by Crippen LogP contribution is 2.39. The van der Waals surface area contributed by atoms with E-state index in [1.54, 1.807) is 19.1 Å². The van der Waals surface area contributed by atoms with Crippen molar-refractivity contribution >= 4 is 49.5 Å². The van der Waals surface area contributed by atoms with Crippen LogP contribution in [0.15, 0.2) is 77.4 Å². The summed E-state index contributed by atoms with van der Waals surface area (Å²) in [4.78, 5) is 37.5. The van der Waals surface area contributed by atoms with Gasteiger partial charge in [0.2, 0.25) is 5.43 Å². The highest BCUT2D eigenvalue weighted by Gasteiger charge is 2.21. The van der Waals surface area contributed by atoms with E-state index in [0.29, 0.717) is 38.8 Å². The Hall–Kier alpha value is -4.45. The third-order valence-corrected chi connectivity index (χ3v) is 6.36. The third kappa shape index (κ3) is 2.78. The zero-order chi connectivity index (χ0) is 23.7. The summed E-state index contributed by atoms with van der Waals surface area (Å²) in [6, 6.07) is 16.3. The number of carbonyl (C=O) groups excluding carboxylic acids is 1. The van der Waals surface area contributed by atoms with E-state index in [2.05, 4.69) is 0 Å². The smallest absolute Gasteiger partial charge is 0.336 e. The Morgan fingerprint density at radius 2 is 1.53 bits per heavy atom. The van der Waals surface area contributed by atoms with Gasteiger partial charge in [0.05, 0.1) is 5.39 Å². The lowest BCUT2D eigenvalue weighted by Gasteiger charge is -2.06. The first kappa shape index (κ1) is 20.2. The molecule has 0 amide bonds. The van der Waals surface area contributed by atoms with E-state index in [-0.39, 0.29) is 22.5 Å². The van der Waals surface area contributed by atoms with Crippen molar-refractivity contribution in [2.45, 2.75) is 20.8 Å². The number of hydrogen-bond acceptors (Lipinski definition) is 6. The monoisotopic (exact) mass is 450 g/mol. The van der Waals surface area contributed by atoms with Gasteiger partial charge in [-0.25, -0.2) is 4.79 Å². The van der Waals surface area contributed by atoms with Crippen LogP contribution in [0.4, 0.5) is 0 Å². The number of hydrogen-bond donors (Lipinski definition) is 0. The second-order valence-corrected chi connectivity index (χ2v) is 8.46. The van der Waals surface area contributed by atoms with E-state index in [9.17, 15) is 14.4 Å². The number of benzene rings is 3. The van der Waals surface area contributed by atoms with Crippen molar-refractivity contribution in [1.29, 1.82) is 0 Å². The number of Topliss-reactive ketones (excluding diaryl/α,β-unsaturated/α-hetero) is 1. The van der Waals surface area contributed by atoms with Gasteiger partial charge in [0.1, 0.15) is 33.8 Å². The van der Waals surface area contributed by atoms with Crippen LogP contribution in [0.2, 0.25) is 0 Å². The summed E-state index contributed by atoms with van der Waals surface area (Å²) in [5.74, 6) is 0.438. The minimum atomic E-state index is -0.484. The van der Waals surface area contributed by atoms with Crippen LogP contribution in [0.25, 0.3) is 55.0 Å². The molecule has 166 valence electrons. The Kier molecular flexibility index (Phi) is 4.17. The normalized spacial score (nSPS) is 11.7. The number of furan rings is 1. The maximum absolute atomic E-state index is 13.0. The average molecular weight is 450 g/mol. The molecule has 0 saturated carbocycles. The zero-order valence-corrected chi connectivity index (χ0v) is 18.6. The molecule has 6 aromatic rings. The topological polar surface area (TPSA) is 90.6 Å². The summed E-state index contributed by atoms with van der Waals surface area (Å²) in [5, 5.41) is 3.55. The lowest BCUT2D eigenvalue weighted by molar-refractivity contribution is 0.101. The van der Waals surface area contributed by atoms with Gasteiger partial charge >= 0.3 is 5.63 Å². The third-order valence-electron chi connectivity index (χ3n) is 6.36. The van der Waals surface area contributed by atoms with E-state index in [1.165, 1.54) is 13.0 Å². The van der Waals surface area contributed by atoms with Crippen molar-refractivity contribution in [1.82, 2.24) is 0 Å². The quantitative estimate of drug-likeness (QED) is 0.175. The molecule has 3 heterocycles. The van der Waals surface area contributed by atoms with Gasteiger partial charge in [-0.15, -0.1) is 0 Å². The van der Waals surface area contributed by atoms with Gasteiger partial charge < -0.3 is 13.3 Å². The minimum Gasteiger partial charge on any atom is -0.460 e. The van der Waals surface area contributed by atoms with Crippen molar-refractivity contribution in [2.24, 2.45) is 0 Å². The van der Waals surface area contributed by atoms with Crippen molar-refractivity contribution in [2.75, 3.05) is 0 Å². The first-order valence-electron chi connectivity index (χ1n) is 10.8. The predicted molar refractivity (Wildman–Crippen MR) is 131 cm³/mol. The Labute approximate surface area is 192 Å². The molecule has 0 fully saturated rings. The van der Waals surface area contributed by atoms with Crippen LogP contribution >= 0.6 is 0 Å². The molecule has 6 heteroatoms. The molecule has 0 aliphatic carbocycles. The van der Waals surface area contributed by atoms with Gasteiger partial charge in [0.15, 0.2) is 5.78 Å². The van der Waals surface area contributed by atoms with Crippen molar-refractivity contribution in [3.05, 3.63) is 92.1 Å². The second kappa shape index (κ2) is 7.02. The first-order chi connectivity index (χ1) is 16.3. The van der Waals surface area contributed by atoms with Crippen LogP contribution in [-0.2, 0) is 0 Å². The molecule has 0 bridgehead atoms. The Morgan fingerprint density at radius 3 is 2.32 bits per heavy atom. The molecule has 0 aliphatic rings. The predicted octanol–water partition coefficient (Wildman–Crippen LogP) is 6.29. The number of rotatable bonds is 2. The molecule has 3 aromatic carbocycles. The van der Waals surface area contributed by atoms with Crippen molar-refractivity contribution in [3.8, 4) is 11.3 Å². The molecule has 34 heavy (non-hydrogen) atoms. The molecule has 0 N–H and O–H groups in total. The standard InChI is InChI=1S/C28H18O6/c1-13-19-10-21-23(32-15(3)25(14(2)29)26(21)31)12-22(19)33-27(13)20-11-24(30)34-28-17-7-5-4-6-16(17)8-9-18(20)28/h4-12H,1-3H3. The fourth-order valence-electron chi connectivity index (χ4n) is 4.76. The van der Waals surface area contributed by atoms with Crippen LogP contribution in [0, 0.1) is 13.8 Å². The SMILES string of the molecule is CC(=O)c1c(C)oc2cc3oc(-c4cc(=O)oc5c4ccc4ccccc45)c(C)c3cc2c1=O. The molecule has 6 rings (SSSR count). The Balaban J connectivity index is 1.69. The molecule has 0 unspecified atom stereocenters. The molecule has 0 spiro atoms. The highest BCUT2D eigenvalue weighted by molar-refractivity contribution is 6.09. The minimum absolute atomic E-state index is 0.0479. The summed E-state index contributed by atoms with van der Waals surface area (Å²) in [5.41, 5.74) is 1.91. The van der Waals surface area contributed by atoms with E-state index in [1.807, 2.05) is 43.3 Å². The molecule has 6 nitrogen and oxygen atoms in total. The van der Waals surface area contributed by atoms with Crippen LogP contribution < -0.4 is 11.1 Å². The van der Waals surface area contributed by atoms with Gasteiger partial charge in [0, 0.05) is 39.4 Å². The lowest BCUT2D eigenvalue weighted by Crippen LogP contribution is -2.15. The highest BCUT2D eigenvalue weighted by atomic mass is 16.4. The second-order valence-electron chi connectivity index (χ2n) is 8.46. The fraction of sp³-hybridized carbons (Fsp3) is 0.107. The number of carbonyl (C=O) groups is 1. The van der Waals surface area contributed by atoms with Crippen LogP contribution in [0.3, 0.4) is 0 Å². The van der Waals surface area contributed by atoms with Gasteiger partial charge in [0.25, 0.3) is 0 Å². The number of aryl methyl sites for hydroxylation is 2. The van der Waals surface area contributed by atoms with Gasteiger partial charge in [-0.3, -0.25) is 9.59 Å².